The summed E-state index contributed by atoms with van der Waals surface area (Å²) in [6.07, 6.45) is 0. The number of hydrogen-bond acceptors (Lipinski definition) is 2. The highest BCUT2D eigenvalue weighted by atomic mass is 19.1. The van der Waals surface area contributed by atoms with Crippen molar-refractivity contribution in [1.29, 1.82) is 0 Å². The first-order valence-electron chi connectivity index (χ1n) is 6.00. The fourth-order valence-corrected chi connectivity index (χ4v) is 2.04. The third-order valence-corrected chi connectivity index (χ3v) is 3.36. The number of rotatable bonds is 2. The number of halogens is 1. The van der Waals surface area contributed by atoms with E-state index < -0.39 is 0 Å². The molecule has 0 amide bonds. The van der Waals surface area contributed by atoms with Gasteiger partial charge in [-0.1, -0.05) is 0 Å². The van der Waals surface area contributed by atoms with Gasteiger partial charge >= 0.3 is 0 Å². The Kier molecular flexibility index (Phi) is 3.22. The molecule has 0 aliphatic heterocycles. The van der Waals surface area contributed by atoms with Gasteiger partial charge in [-0.05, 0) is 57.0 Å². The van der Waals surface area contributed by atoms with Crippen LogP contribution >= 0.6 is 0 Å². The zero-order valence-electron chi connectivity index (χ0n) is 11.2. The molecule has 0 saturated heterocycles. The van der Waals surface area contributed by atoms with Crippen LogP contribution in [0.15, 0.2) is 18.2 Å². The van der Waals surface area contributed by atoms with Crippen LogP contribution in [0.3, 0.4) is 0 Å². The van der Waals surface area contributed by atoms with Gasteiger partial charge in [-0.25, -0.2) is 9.07 Å². The predicted molar refractivity (Wildman–Crippen MR) is 70.3 cm³/mol. The summed E-state index contributed by atoms with van der Waals surface area (Å²) in [4.78, 5) is 0. The predicted octanol–water partition coefficient (Wildman–Crippen LogP) is 2.96. The molecule has 0 aliphatic carbocycles. The van der Waals surface area contributed by atoms with Crippen LogP contribution < -0.4 is 5.73 Å². The van der Waals surface area contributed by atoms with Crippen LogP contribution in [0.2, 0.25) is 0 Å². The smallest absolute Gasteiger partial charge is 0.123 e. The minimum atomic E-state index is -0.274. The largest absolute Gasteiger partial charge is 0.324 e. The second-order valence-corrected chi connectivity index (χ2v) is 4.70. The van der Waals surface area contributed by atoms with Crippen molar-refractivity contribution >= 4 is 0 Å². The molecule has 0 spiro atoms. The van der Waals surface area contributed by atoms with Crippen molar-refractivity contribution in [3.05, 3.63) is 46.5 Å². The lowest BCUT2D eigenvalue weighted by Gasteiger charge is -2.14. The van der Waals surface area contributed by atoms with E-state index in [0.717, 1.165) is 28.2 Å². The number of hydrogen-bond donors (Lipinski definition) is 1. The van der Waals surface area contributed by atoms with Gasteiger partial charge in [-0.3, -0.25) is 0 Å². The minimum Gasteiger partial charge on any atom is -0.324 e. The molecular formula is C14H18FN3. The molecule has 1 aromatic heterocycles. The summed E-state index contributed by atoms with van der Waals surface area (Å²) >= 11 is 0. The Morgan fingerprint density at radius 1 is 1.28 bits per heavy atom. The standard InChI is InChI=1S/C14H18FN3/c1-8-10(3)17-18(11(8)4)14-6-5-12(15)7-13(14)9(2)16/h5-7,9H,16H2,1-4H3/t9-/m1/s1. The molecule has 3 nitrogen and oxygen atoms in total. The van der Waals surface area contributed by atoms with Crippen molar-refractivity contribution in [2.75, 3.05) is 0 Å². The van der Waals surface area contributed by atoms with Crippen molar-refractivity contribution < 1.29 is 4.39 Å². The van der Waals surface area contributed by atoms with Gasteiger partial charge < -0.3 is 5.73 Å². The molecule has 1 heterocycles. The zero-order valence-corrected chi connectivity index (χ0v) is 11.2. The summed E-state index contributed by atoms with van der Waals surface area (Å²) in [6, 6.07) is 4.41. The first-order valence-corrected chi connectivity index (χ1v) is 6.00. The monoisotopic (exact) mass is 247 g/mol. The molecule has 0 unspecified atom stereocenters. The molecule has 1 aromatic carbocycles. The molecule has 2 N–H and O–H groups in total. The van der Waals surface area contributed by atoms with Crippen LogP contribution in [-0.4, -0.2) is 9.78 Å². The van der Waals surface area contributed by atoms with Gasteiger partial charge in [0.1, 0.15) is 5.82 Å². The Morgan fingerprint density at radius 2 is 1.94 bits per heavy atom. The van der Waals surface area contributed by atoms with E-state index in [2.05, 4.69) is 5.10 Å². The molecule has 2 aromatic rings. The van der Waals surface area contributed by atoms with Crippen LogP contribution in [0.4, 0.5) is 4.39 Å². The average molecular weight is 247 g/mol. The number of benzene rings is 1. The van der Waals surface area contributed by atoms with Crippen LogP contribution in [0.5, 0.6) is 0 Å². The average Bonchev–Trinajstić information content (AvgIpc) is 2.57. The Hall–Kier alpha value is -1.68. The van der Waals surface area contributed by atoms with E-state index in [9.17, 15) is 4.39 Å². The van der Waals surface area contributed by atoms with E-state index in [1.165, 1.54) is 12.1 Å². The van der Waals surface area contributed by atoms with Gasteiger partial charge in [0.25, 0.3) is 0 Å². The number of nitrogens with two attached hydrogens (primary N) is 1. The summed E-state index contributed by atoms with van der Waals surface area (Å²) < 4.78 is 15.2. The third kappa shape index (κ3) is 2.04. The van der Waals surface area contributed by atoms with Crippen LogP contribution in [0.25, 0.3) is 5.69 Å². The molecule has 0 radical (unpaired) electrons. The molecule has 96 valence electrons. The summed E-state index contributed by atoms with van der Waals surface area (Å²) in [5, 5.41) is 4.49. The first kappa shape index (κ1) is 12.8. The minimum absolute atomic E-state index is 0.236. The fourth-order valence-electron chi connectivity index (χ4n) is 2.04. The van der Waals surface area contributed by atoms with Gasteiger partial charge in [0.2, 0.25) is 0 Å². The van der Waals surface area contributed by atoms with Crippen molar-refractivity contribution in [3.8, 4) is 5.69 Å². The summed E-state index contributed by atoms with van der Waals surface area (Å²) in [6.45, 7) is 7.84. The third-order valence-electron chi connectivity index (χ3n) is 3.36. The van der Waals surface area contributed by atoms with Crippen molar-refractivity contribution in [1.82, 2.24) is 9.78 Å². The molecule has 18 heavy (non-hydrogen) atoms. The van der Waals surface area contributed by atoms with Gasteiger partial charge in [-0.2, -0.15) is 5.10 Å². The Bertz CT molecular complexity index is 585. The van der Waals surface area contributed by atoms with Crippen molar-refractivity contribution in [2.24, 2.45) is 5.73 Å². The normalized spacial score (nSPS) is 12.8. The van der Waals surface area contributed by atoms with E-state index in [1.807, 2.05) is 32.4 Å². The van der Waals surface area contributed by atoms with E-state index >= 15 is 0 Å². The lowest BCUT2D eigenvalue weighted by atomic mass is 10.1. The highest BCUT2D eigenvalue weighted by molar-refractivity contribution is 5.45. The molecular weight excluding hydrogens is 229 g/mol. The quantitative estimate of drug-likeness (QED) is 0.886. The summed E-state index contributed by atoms with van der Waals surface area (Å²) in [7, 11) is 0. The second-order valence-electron chi connectivity index (χ2n) is 4.70. The summed E-state index contributed by atoms with van der Waals surface area (Å²) in [5.74, 6) is -0.274. The van der Waals surface area contributed by atoms with Crippen molar-refractivity contribution in [3.63, 3.8) is 0 Å². The van der Waals surface area contributed by atoms with Crippen LogP contribution in [0.1, 0.15) is 35.5 Å². The summed E-state index contributed by atoms with van der Waals surface area (Å²) in [5.41, 5.74) is 10.7. The first-order chi connectivity index (χ1) is 8.41. The molecule has 0 bridgehead atoms. The molecule has 2 rings (SSSR count). The van der Waals surface area contributed by atoms with E-state index in [1.54, 1.807) is 6.07 Å². The van der Waals surface area contributed by atoms with Gasteiger partial charge in [0.05, 0.1) is 11.4 Å². The second kappa shape index (κ2) is 4.53. The maximum absolute atomic E-state index is 13.3. The Morgan fingerprint density at radius 3 is 2.44 bits per heavy atom. The van der Waals surface area contributed by atoms with Gasteiger partial charge in [0, 0.05) is 11.7 Å². The maximum Gasteiger partial charge on any atom is 0.123 e. The molecule has 0 saturated carbocycles. The number of nitrogens with zero attached hydrogens (tertiary/aromatic N) is 2. The highest BCUT2D eigenvalue weighted by Gasteiger charge is 2.14. The lowest BCUT2D eigenvalue weighted by Crippen LogP contribution is -2.12. The van der Waals surface area contributed by atoms with Gasteiger partial charge in [-0.15, -0.1) is 0 Å². The van der Waals surface area contributed by atoms with E-state index in [-0.39, 0.29) is 11.9 Å². The SMILES string of the molecule is Cc1nn(-c2ccc(F)cc2[C@@H](C)N)c(C)c1C. The van der Waals surface area contributed by atoms with Gasteiger partial charge in [0.15, 0.2) is 0 Å². The molecule has 0 aliphatic rings. The Labute approximate surface area is 106 Å². The highest BCUT2D eigenvalue weighted by Crippen LogP contribution is 2.24. The zero-order chi connectivity index (χ0) is 13.4. The topological polar surface area (TPSA) is 43.8 Å². The van der Waals surface area contributed by atoms with E-state index in [0.29, 0.717) is 0 Å². The van der Waals surface area contributed by atoms with E-state index in [4.69, 9.17) is 5.73 Å². The Balaban J connectivity index is 2.67. The maximum atomic E-state index is 13.3. The lowest BCUT2D eigenvalue weighted by molar-refractivity contribution is 0.620. The molecule has 4 heteroatoms. The molecule has 0 fully saturated rings. The number of aromatic nitrogens is 2. The van der Waals surface area contributed by atoms with Crippen LogP contribution in [0, 0.1) is 26.6 Å². The van der Waals surface area contributed by atoms with Crippen LogP contribution in [-0.2, 0) is 0 Å². The molecule has 1 atom stereocenters. The fraction of sp³-hybridized carbons (Fsp3) is 0.357. The number of aryl methyl sites for hydroxylation is 1. The van der Waals surface area contributed by atoms with Crippen molar-refractivity contribution in [2.45, 2.75) is 33.7 Å².